The Kier molecular flexibility index (Phi) is 6.85. The van der Waals surface area contributed by atoms with E-state index in [4.69, 9.17) is 11.1 Å². The molecule has 1 aromatic heterocycles. The molecule has 0 radical (unpaired) electrons. The molecule has 1 heterocycles. The fourth-order valence-electron chi connectivity index (χ4n) is 3.46. The number of anilines is 2. The van der Waals surface area contributed by atoms with Crippen LogP contribution in [0.25, 0.3) is 0 Å². The second-order valence-electron chi connectivity index (χ2n) is 8.66. The second-order valence-corrected chi connectivity index (χ2v) is 8.66. The third-order valence-corrected chi connectivity index (χ3v) is 5.74. The molecule has 6 heteroatoms. The molecular weight excluding hydrogens is 360 g/mol. The van der Waals surface area contributed by atoms with E-state index in [9.17, 15) is 0 Å². The molecule has 3 rings (SSSR count). The summed E-state index contributed by atoms with van der Waals surface area (Å²) in [5.41, 5.74) is 10.1. The molecule has 1 aliphatic carbocycles. The van der Waals surface area contributed by atoms with Gasteiger partial charge in [0.1, 0.15) is 12.1 Å². The van der Waals surface area contributed by atoms with Crippen molar-refractivity contribution in [3.8, 4) is 0 Å². The SMILES string of the molecule is CCCCN(C)CCNc1cc(C(=N)c2cc(CC3(C)CC3)ccc2N)ncn1. The molecule has 6 nitrogen and oxygen atoms in total. The Balaban J connectivity index is 1.65. The van der Waals surface area contributed by atoms with Gasteiger partial charge in [0.15, 0.2) is 0 Å². The van der Waals surface area contributed by atoms with Crippen LogP contribution >= 0.6 is 0 Å². The summed E-state index contributed by atoms with van der Waals surface area (Å²) in [5, 5.41) is 12.0. The lowest BCUT2D eigenvalue weighted by Crippen LogP contribution is -2.26. The van der Waals surface area contributed by atoms with E-state index >= 15 is 0 Å². The highest BCUT2D eigenvalue weighted by Gasteiger charge is 2.37. The van der Waals surface area contributed by atoms with E-state index in [1.165, 1.54) is 37.6 Å². The van der Waals surface area contributed by atoms with E-state index in [-0.39, 0.29) is 0 Å². The zero-order valence-corrected chi connectivity index (χ0v) is 18.0. The summed E-state index contributed by atoms with van der Waals surface area (Å²) in [6.45, 7) is 7.38. The van der Waals surface area contributed by atoms with Crippen molar-refractivity contribution >= 4 is 17.2 Å². The molecule has 4 N–H and O–H groups in total. The number of hydrogen-bond donors (Lipinski definition) is 3. The average molecular weight is 395 g/mol. The van der Waals surface area contributed by atoms with Crippen LogP contribution in [0.4, 0.5) is 11.5 Å². The number of nitrogen functional groups attached to an aromatic ring is 1. The van der Waals surface area contributed by atoms with Gasteiger partial charge in [-0.15, -0.1) is 0 Å². The molecule has 29 heavy (non-hydrogen) atoms. The first kappa shape index (κ1) is 21.2. The van der Waals surface area contributed by atoms with Crippen LogP contribution in [-0.2, 0) is 6.42 Å². The molecule has 0 amide bonds. The number of aromatic nitrogens is 2. The van der Waals surface area contributed by atoms with Crippen molar-refractivity contribution in [2.75, 3.05) is 37.7 Å². The largest absolute Gasteiger partial charge is 0.398 e. The van der Waals surface area contributed by atoms with Gasteiger partial charge in [0.05, 0.1) is 11.4 Å². The molecule has 1 fully saturated rings. The predicted molar refractivity (Wildman–Crippen MR) is 121 cm³/mol. The maximum absolute atomic E-state index is 8.67. The standard InChI is InChI=1S/C23H34N6/c1-4-5-11-29(3)12-10-26-21-14-20(27-16-28-21)22(25)18-13-17(6-7-19(18)24)15-23(2)8-9-23/h6-7,13-14,16,25H,4-5,8-12,15,24H2,1-3H3,(H,26,27,28). The normalized spacial score (nSPS) is 14.8. The van der Waals surface area contributed by atoms with Gasteiger partial charge in [0.2, 0.25) is 0 Å². The topological polar surface area (TPSA) is 90.9 Å². The summed E-state index contributed by atoms with van der Waals surface area (Å²) in [6.07, 6.45) is 7.52. The van der Waals surface area contributed by atoms with Gasteiger partial charge in [-0.2, -0.15) is 0 Å². The maximum Gasteiger partial charge on any atom is 0.130 e. The first-order valence-corrected chi connectivity index (χ1v) is 10.6. The molecule has 0 aliphatic heterocycles. The minimum absolute atomic E-state index is 0.343. The summed E-state index contributed by atoms with van der Waals surface area (Å²) < 4.78 is 0. The lowest BCUT2D eigenvalue weighted by atomic mass is 9.95. The van der Waals surface area contributed by atoms with Crippen LogP contribution in [0.5, 0.6) is 0 Å². The molecule has 0 saturated heterocycles. The highest BCUT2D eigenvalue weighted by atomic mass is 15.1. The molecule has 0 bridgehead atoms. The molecule has 0 unspecified atom stereocenters. The predicted octanol–water partition coefficient (Wildman–Crippen LogP) is 3.96. The zero-order chi connectivity index (χ0) is 20.9. The second kappa shape index (κ2) is 9.35. The van der Waals surface area contributed by atoms with Crippen molar-refractivity contribution in [2.24, 2.45) is 5.41 Å². The summed E-state index contributed by atoms with van der Waals surface area (Å²) >= 11 is 0. The molecule has 156 valence electrons. The Morgan fingerprint density at radius 1 is 1.24 bits per heavy atom. The Morgan fingerprint density at radius 2 is 2.03 bits per heavy atom. The van der Waals surface area contributed by atoms with Crippen LogP contribution in [0.2, 0.25) is 0 Å². The molecule has 1 saturated carbocycles. The van der Waals surface area contributed by atoms with Crippen LogP contribution in [0.15, 0.2) is 30.6 Å². The summed E-state index contributed by atoms with van der Waals surface area (Å²) in [6, 6.07) is 7.89. The van der Waals surface area contributed by atoms with Gasteiger partial charge in [-0.05, 0) is 62.4 Å². The van der Waals surface area contributed by atoms with Crippen molar-refractivity contribution in [2.45, 2.75) is 46.0 Å². The van der Waals surface area contributed by atoms with Crippen molar-refractivity contribution in [1.29, 1.82) is 5.41 Å². The van der Waals surface area contributed by atoms with E-state index in [1.54, 1.807) is 0 Å². The lowest BCUT2D eigenvalue weighted by molar-refractivity contribution is 0.340. The van der Waals surface area contributed by atoms with E-state index in [1.807, 2.05) is 12.1 Å². The molecule has 0 atom stereocenters. The van der Waals surface area contributed by atoms with E-state index in [0.29, 0.717) is 22.5 Å². The number of benzene rings is 1. The van der Waals surface area contributed by atoms with Crippen LogP contribution in [0.3, 0.4) is 0 Å². The fourth-order valence-corrected chi connectivity index (χ4v) is 3.46. The molecule has 2 aromatic rings. The van der Waals surface area contributed by atoms with Crippen molar-refractivity contribution in [3.63, 3.8) is 0 Å². The third kappa shape index (κ3) is 6.00. The lowest BCUT2D eigenvalue weighted by Gasteiger charge is -2.16. The Bertz CT molecular complexity index is 843. The molecule has 0 spiro atoms. The van der Waals surface area contributed by atoms with E-state index in [0.717, 1.165) is 37.4 Å². The number of hydrogen-bond acceptors (Lipinski definition) is 6. The first-order chi connectivity index (χ1) is 13.9. The molecule has 1 aromatic carbocycles. The quantitative estimate of drug-likeness (QED) is 0.396. The monoisotopic (exact) mass is 394 g/mol. The van der Waals surface area contributed by atoms with Crippen molar-refractivity contribution < 1.29 is 0 Å². The van der Waals surface area contributed by atoms with E-state index in [2.05, 4.69) is 53.2 Å². The average Bonchev–Trinajstić information content (AvgIpc) is 3.44. The van der Waals surface area contributed by atoms with Gasteiger partial charge in [0, 0.05) is 30.4 Å². The number of nitrogens with two attached hydrogens (primary N) is 1. The van der Waals surface area contributed by atoms with Gasteiger partial charge >= 0.3 is 0 Å². The minimum Gasteiger partial charge on any atom is -0.398 e. The number of nitrogens with one attached hydrogen (secondary N) is 2. The van der Waals surface area contributed by atoms with E-state index < -0.39 is 0 Å². The van der Waals surface area contributed by atoms with Crippen LogP contribution < -0.4 is 11.1 Å². The minimum atomic E-state index is 0.343. The van der Waals surface area contributed by atoms with Gasteiger partial charge in [-0.25, -0.2) is 9.97 Å². The zero-order valence-electron chi connectivity index (χ0n) is 18.0. The Morgan fingerprint density at radius 3 is 2.76 bits per heavy atom. The van der Waals surface area contributed by atoms with Gasteiger partial charge in [-0.3, -0.25) is 5.41 Å². The number of unbranched alkanes of at least 4 members (excludes halogenated alkanes) is 1. The summed E-state index contributed by atoms with van der Waals surface area (Å²) in [7, 11) is 2.14. The summed E-state index contributed by atoms with van der Waals surface area (Å²) in [4.78, 5) is 10.9. The number of likely N-dealkylation sites (N-methyl/N-ethyl adjacent to an activating group) is 1. The fraction of sp³-hybridized carbons (Fsp3) is 0.522. The molecular formula is C23H34N6. The maximum atomic E-state index is 8.67. The number of rotatable bonds is 11. The smallest absolute Gasteiger partial charge is 0.130 e. The summed E-state index contributed by atoms with van der Waals surface area (Å²) in [5.74, 6) is 0.740. The Labute approximate surface area is 174 Å². The molecule has 1 aliphatic rings. The van der Waals surface area contributed by atoms with Gasteiger partial charge < -0.3 is 16.0 Å². The van der Waals surface area contributed by atoms with Crippen molar-refractivity contribution in [1.82, 2.24) is 14.9 Å². The highest BCUT2D eigenvalue weighted by molar-refractivity contribution is 6.13. The third-order valence-electron chi connectivity index (χ3n) is 5.74. The van der Waals surface area contributed by atoms with Crippen LogP contribution in [0.1, 0.15) is 56.4 Å². The Hall–Kier alpha value is -2.47. The highest BCUT2D eigenvalue weighted by Crippen LogP contribution is 2.47. The van der Waals surface area contributed by atoms with Crippen molar-refractivity contribution in [3.05, 3.63) is 47.4 Å². The van der Waals surface area contributed by atoms with Gasteiger partial charge in [-0.1, -0.05) is 26.3 Å². The van der Waals surface area contributed by atoms with Gasteiger partial charge in [0.25, 0.3) is 0 Å². The number of nitrogens with zero attached hydrogens (tertiary/aromatic N) is 3. The van der Waals surface area contributed by atoms with Crippen LogP contribution in [-0.4, -0.2) is 47.3 Å². The van der Waals surface area contributed by atoms with Crippen LogP contribution in [0, 0.1) is 10.8 Å². The first-order valence-electron chi connectivity index (χ1n) is 10.6.